The lowest BCUT2D eigenvalue weighted by Gasteiger charge is -2.21. The first-order valence-corrected chi connectivity index (χ1v) is 7.00. The fourth-order valence-electron chi connectivity index (χ4n) is 1.80. The molecule has 0 saturated heterocycles. The van der Waals surface area contributed by atoms with E-state index in [1.54, 1.807) is 17.0 Å². The van der Waals surface area contributed by atoms with Gasteiger partial charge in [0, 0.05) is 18.8 Å². The van der Waals surface area contributed by atoms with Crippen molar-refractivity contribution < 1.29 is 14.6 Å². The van der Waals surface area contributed by atoms with Gasteiger partial charge in [-0.05, 0) is 44.5 Å². The molecule has 2 amide bonds. The van der Waals surface area contributed by atoms with Crippen LogP contribution in [0.3, 0.4) is 0 Å². The lowest BCUT2D eigenvalue weighted by molar-refractivity contribution is 0.188. The van der Waals surface area contributed by atoms with Crippen molar-refractivity contribution in [2.24, 2.45) is 0 Å². The lowest BCUT2D eigenvalue weighted by atomic mass is 10.3. The minimum Gasteiger partial charge on any atom is -0.491 e. The monoisotopic (exact) mass is 280 g/mol. The molecule has 0 fully saturated rings. The van der Waals surface area contributed by atoms with Crippen LogP contribution >= 0.6 is 0 Å². The quantitative estimate of drug-likeness (QED) is 0.807. The summed E-state index contributed by atoms with van der Waals surface area (Å²) in [7, 11) is 0. The van der Waals surface area contributed by atoms with Crippen LogP contribution in [0.25, 0.3) is 0 Å². The first kappa shape index (κ1) is 16.3. The molecular weight excluding hydrogens is 256 g/mol. The summed E-state index contributed by atoms with van der Waals surface area (Å²) in [5.41, 5.74) is 0.713. The van der Waals surface area contributed by atoms with Gasteiger partial charge in [0.25, 0.3) is 0 Å². The maximum atomic E-state index is 12.0. The van der Waals surface area contributed by atoms with E-state index in [0.717, 1.165) is 12.2 Å². The van der Waals surface area contributed by atoms with Crippen molar-refractivity contribution in [1.82, 2.24) is 4.90 Å². The molecule has 5 nitrogen and oxygen atoms in total. The first-order chi connectivity index (χ1) is 9.56. The van der Waals surface area contributed by atoms with Crippen LogP contribution in [0, 0.1) is 0 Å². The van der Waals surface area contributed by atoms with E-state index in [0.29, 0.717) is 18.8 Å². The number of urea groups is 1. The third-order valence-electron chi connectivity index (χ3n) is 2.63. The van der Waals surface area contributed by atoms with Gasteiger partial charge in [0.05, 0.1) is 12.7 Å². The highest BCUT2D eigenvalue weighted by molar-refractivity contribution is 5.89. The van der Waals surface area contributed by atoms with Crippen LogP contribution in [0.5, 0.6) is 5.75 Å². The third-order valence-corrected chi connectivity index (χ3v) is 2.63. The number of hydrogen-bond acceptors (Lipinski definition) is 3. The molecule has 1 aromatic carbocycles. The summed E-state index contributed by atoms with van der Waals surface area (Å²) in [6.45, 7) is 6.86. The summed E-state index contributed by atoms with van der Waals surface area (Å²) in [6, 6.07) is 7.06. The first-order valence-electron chi connectivity index (χ1n) is 7.00. The summed E-state index contributed by atoms with van der Waals surface area (Å²) in [4.78, 5) is 13.6. The molecule has 0 aliphatic rings. The molecule has 0 heterocycles. The van der Waals surface area contributed by atoms with Crippen LogP contribution in [0.2, 0.25) is 0 Å². The van der Waals surface area contributed by atoms with Gasteiger partial charge in [-0.1, -0.05) is 6.92 Å². The van der Waals surface area contributed by atoms with Crippen molar-refractivity contribution >= 4 is 11.7 Å². The van der Waals surface area contributed by atoms with Crippen LogP contribution in [0.4, 0.5) is 10.5 Å². The largest absolute Gasteiger partial charge is 0.491 e. The second kappa shape index (κ2) is 8.43. The maximum absolute atomic E-state index is 12.0. The summed E-state index contributed by atoms with van der Waals surface area (Å²) < 4.78 is 5.54. The number of ether oxygens (including phenoxy) is 1. The molecule has 0 aliphatic carbocycles. The van der Waals surface area contributed by atoms with E-state index in [-0.39, 0.29) is 18.7 Å². The van der Waals surface area contributed by atoms with Gasteiger partial charge < -0.3 is 20.1 Å². The zero-order valence-corrected chi connectivity index (χ0v) is 12.4. The van der Waals surface area contributed by atoms with Crippen molar-refractivity contribution in [2.45, 2.75) is 33.3 Å². The number of aliphatic hydroxyl groups excluding tert-OH is 1. The summed E-state index contributed by atoms with van der Waals surface area (Å²) in [5, 5.41) is 11.8. The Morgan fingerprint density at radius 2 is 1.95 bits per heavy atom. The molecule has 0 atom stereocenters. The Bertz CT molecular complexity index is 398. The molecule has 0 unspecified atom stereocenters. The zero-order chi connectivity index (χ0) is 15.0. The van der Waals surface area contributed by atoms with Crippen molar-refractivity contribution in [3.05, 3.63) is 24.3 Å². The smallest absolute Gasteiger partial charge is 0.321 e. The Morgan fingerprint density at radius 3 is 2.45 bits per heavy atom. The van der Waals surface area contributed by atoms with Crippen LogP contribution < -0.4 is 10.1 Å². The van der Waals surface area contributed by atoms with Gasteiger partial charge in [0.2, 0.25) is 0 Å². The fraction of sp³-hybridized carbons (Fsp3) is 0.533. The molecule has 1 rings (SSSR count). The predicted octanol–water partition coefficient (Wildman–Crippen LogP) is 2.71. The number of aliphatic hydroxyl groups is 1. The summed E-state index contributed by atoms with van der Waals surface area (Å²) >= 11 is 0. The van der Waals surface area contributed by atoms with E-state index in [2.05, 4.69) is 5.32 Å². The molecule has 112 valence electrons. The highest BCUT2D eigenvalue weighted by Gasteiger charge is 2.11. The van der Waals surface area contributed by atoms with Crippen LogP contribution in [-0.4, -0.2) is 41.8 Å². The molecule has 20 heavy (non-hydrogen) atoms. The van der Waals surface area contributed by atoms with Gasteiger partial charge in [0.1, 0.15) is 5.75 Å². The molecule has 0 radical (unpaired) electrons. The molecule has 0 aromatic heterocycles. The number of nitrogens with zero attached hydrogens (tertiary/aromatic N) is 1. The number of anilines is 1. The van der Waals surface area contributed by atoms with E-state index in [4.69, 9.17) is 9.84 Å². The minimum absolute atomic E-state index is 0.0331. The standard InChI is InChI=1S/C15H24N2O3/c1-4-9-17(10-11-18)15(19)16-13-5-7-14(8-6-13)20-12(2)3/h5-8,12,18H,4,9-11H2,1-3H3,(H,16,19). The highest BCUT2D eigenvalue weighted by Crippen LogP contribution is 2.17. The normalized spacial score (nSPS) is 10.4. The third kappa shape index (κ3) is 5.48. The zero-order valence-electron chi connectivity index (χ0n) is 12.4. The number of amides is 2. The van der Waals surface area contributed by atoms with Crippen LogP contribution in [-0.2, 0) is 0 Å². The van der Waals surface area contributed by atoms with Gasteiger partial charge in [-0.15, -0.1) is 0 Å². The molecule has 1 aromatic rings. The Kier molecular flexibility index (Phi) is 6.87. The average Bonchev–Trinajstić information content (AvgIpc) is 2.40. The van der Waals surface area contributed by atoms with Crippen molar-refractivity contribution in [1.29, 1.82) is 0 Å². The van der Waals surface area contributed by atoms with Crippen LogP contribution in [0.1, 0.15) is 27.2 Å². The number of hydrogen-bond donors (Lipinski definition) is 2. The fourth-order valence-corrected chi connectivity index (χ4v) is 1.80. The van der Waals surface area contributed by atoms with Crippen LogP contribution in [0.15, 0.2) is 24.3 Å². The van der Waals surface area contributed by atoms with Crippen molar-refractivity contribution in [3.63, 3.8) is 0 Å². The number of nitrogens with one attached hydrogen (secondary N) is 1. The Balaban J connectivity index is 2.60. The second-order valence-corrected chi connectivity index (χ2v) is 4.83. The highest BCUT2D eigenvalue weighted by atomic mass is 16.5. The van der Waals surface area contributed by atoms with E-state index >= 15 is 0 Å². The SMILES string of the molecule is CCCN(CCO)C(=O)Nc1ccc(OC(C)C)cc1. The summed E-state index contributed by atoms with van der Waals surface area (Å²) in [5.74, 6) is 0.777. The maximum Gasteiger partial charge on any atom is 0.321 e. The topological polar surface area (TPSA) is 61.8 Å². The van der Waals surface area contributed by atoms with Gasteiger partial charge in [-0.25, -0.2) is 4.79 Å². The molecular formula is C15H24N2O3. The van der Waals surface area contributed by atoms with Crippen molar-refractivity contribution in [3.8, 4) is 5.75 Å². The summed E-state index contributed by atoms with van der Waals surface area (Å²) in [6.07, 6.45) is 0.981. The minimum atomic E-state index is -0.196. The van der Waals surface area contributed by atoms with Gasteiger partial charge in [-0.2, -0.15) is 0 Å². The van der Waals surface area contributed by atoms with E-state index in [1.165, 1.54) is 0 Å². The Morgan fingerprint density at radius 1 is 1.30 bits per heavy atom. The number of benzene rings is 1. The molecule has 0 aliphatic heterocycles. The molecule has 2 N–H and O–H groups in total. The molecule has 0 saturated carbocycles. The predicted molar refractivity (Wildman–Crippen MR) is 80.2 cm³/mol. The number of rotatable bonds is 7. The molecule has 5 heteroatoms. The lowest BCUT2D eigenvalue weighted by Crippen LogP contribution is -2.37. The van der Waals surface area contributed by atoms with Crippen molar-refractivity contribution in [2.75, 3.05) is 25.0 Å². The van der Waals surface area contributed by atoms with E-state index < -0.39 is 0 Å². The molecule has 0 spiro atoms. The molecule has 0 bridgehead atoms. The van der Waals surface area contributed by atoms with E-state index in [1.807, 2.05) is 32.9 Å². The van der Waals surface area contributed by atoms with E-state index in [9.17, 15) is 4.79 Å². The average molecular weight is 280 g/mol. The second-order valence-electron chi connectivity index (χ2n) is 4.83. The number of carbonyl (C=O) groups is 1. The Hall–Kier alpha value is -1.75. The Labute approximate surface area is 120 Å². The van der Waals surface area contributed by atoms with Gasteiger partial charge in [-0.3, -0.25) is 0 Å². The van der Waals surface area contributed by atoms with Gasteiger partial charge in [0.15, 0.2) is 0 Å². The van der Waals surface area contributed by atoms with Gasteiger partial charge >= 0.3 is 6.03 Å². The number of carbonyl (C=O) groups excluding carboxylic acids is 1.